The lowest BCUT2D eigenvalue weighted by atomic mass is 10.1. The lowest BCUT2D eigenvalue weighted by Gasteiger charge is -2.22. The topological polar surface area (TPSA) is 32.8 Å². The number of anilines is 1. The Balaban J connectivity index is 1.89. The van der Waals surface area contributed by atoms with Gasteiger partial charge < -0.3 is 9.64 Å². The first kappa shape index (κ1) is 13.8. The summed E-state index contributed by atoms with van der Waals surface area (Å²) < 4.78 is 5.30. The Kier molecular flexibility index (Phi) is 4.02. The molecule has 1 aliphatic heterocycles. The van der Waals surface area contributed by atoms with E-state index in [1.54, 1.807) is 0 Å². The molecule has 0 bridgehead atoms. The van der Waals surface area contributed by atoms with Crippen LogP contribution in [0, 0.1) is 0 Å². The normalized spacial score (nSPS) is 16.5. The fourth-order valence-electron chi connectivity index (χ4n) is 2.37. The van der Waals surface area contributed by atoms with Gasteiger partial charge in [-0.2, -0.15) is 0 Å². The van der Waals surface area contributed by atoms with Gasteiger partial charge in [0.05, 0.1) is 19.3 Å². The van der Waals surface area contributed by atoms with Crippen molar-refractivity contribution in [3.63, 3.8) is 0 Å². The number of hydrogen-bond acceptors (Lipinski definition) is 2. The van der Waals surface area contributed by atoms with Crippen molar-refractivity contribution in [2.45, 2.75) is 19.4 Å². The van der Waals surface area contributed by atoms with E-state index in [1.165, 1.54) is 5.56 Å². The van der Waals surface area contributed by atoms with Crippen LogP contribution in [0.4, 0.5) is 5.69 Å². The predicted octanol–water partition coefficient (Wildman–Crippen LogP) is 3.29. The summed E-state index contributed by atoms with van der Waals surface area (Å²) in [5.74, 6) is 0.0343. The second-order valence-corrected chi connectivity index (χ2v) is 5.26. The van der Waals surface area contributed by atoms with E-state index in [0.29, 0.717) is 6.54 Å². The molecule has 0 N–H and O–H groups in total. The van der Waals surface area contributed by atoms with E-state index < -0.39 is 0 Å². The third kappa shape index (κ3) is 3.31. The summed E-state index contributed by atoms with van der Waals surface area (Å²) in [5.41, 5.74) is 2.83. The second-order valence-electron chi connectivity index (χ2n) is 5.26. The van der Waals surface area contributed by atoms with E-state index in [4.69, 9.17) is 4.74 Å². The quantitative estimate of drug-likeness (QED) is 0.788. The number of epoxide rings is 1. The van der Waals surface area contributed by atoms with Crippen molar-refractivity contribution >= 4 is 11.6 Å². The molecule has 1 unspecified atom stereocenters. The molecule has 0 saturated carbocycles. The van der Waals surface area contributed by atoms with Crippen molar-refractivity contribution in [3.05, 3.63) is 65.7 Å². The number of aryl methyl sites for hydroxylation is 1. The first-order valence-corrected chi connectivity index (χ1v) is 7.35. The molecule has 1 atom stereocenters. The number of rotatable bonds is 5. The van der Waals surface area contributed by atoms with Crippen molar-refractivity contribution in [1.29, 1.82) is 0 Å². The van der Waals surface area contributed by atoms with Gasteiger partial charge in [0.25, 0.3) is 5.91 Å². The number of nitrogens with zero attached hydrogens (tertiary/aromatic N) is 1. The maximum atomic E-state index is 12.8. The molecule has 0 aromatic heterocycles. The van der Waals surface area contributed by atoms with Crippen LogP contribution < -0.4 is 4.90 Å². The molecule has 0 aliphatic carbocycles. The molecular formula is C18H19NO2. The highest BCUT2D eigenvalue weighted by Crippen LogP contribution is 2.21. The molecular weight excluding hydrogens is 262 g/mol. The molecule has 1 saturated heterocycles. The number of para-hydroxylation sites is 1. The Morgan fingerprint density at radius 2 is 1.95 bits per heavy atom. The van der Waals surface area contributed by atoms with Crippen LogP contribution in [0.5, 0.6) is 0 Å². The van der Waals surface area contributed by atoms with Crippen LogP contribution >= 0.6 is 0 Å². The molecule has 21 heavy (non-hydrogen) atoms. The fourth-order valence-corrected chi connectivity index (χ4v) is 2.37. The highest BCUT2D eigenvalue weighted by Gasteiger charge is 2.29. The minimum atomic E-state index is 0.0343. The van der Waals surface area contributed by atoms with Gasteiger partial charge in [-0.25, -0.2) is 0 Å². The first-order chi connectivity index (χ1) is 10.3. The van der Waals surface area contributed by atoms with Crippen LogP contribution in [0.25, 0.3) is 0 Å². The van der Waals surface area contributed by atoms with Gasteiger partial charge in [-0.3, -0.25) is 4.79 Å². The lowest BCUT2D eigenvalue weighted by Crippen LogP contribution is -2.34. The standard InChI is InChI=1S/C18H19NO2/c1-2-14-7-6-8-15(11-14)18(20)19(12-17-13-21-17)16-9-4-3-5-10-16/h3-11,17H,2,12-13H2,1H3. The van der Waals surface area contributed by atoms with E-state index in [0.717, 1.165) is 24.3 Å². The molecule has 1 fully saturated rings. The summed E-state index contributed by atoms with van der Waals surface area (Å²) >= 11 is 0. The minimum absolute atomic E-state index is 0.0343. The van der Waals surface area contributed by atoms with Gasteiger partial charge in [0, 0.05) is 11.3 Å². The molecule has 1 amide bonds. The smallest absolute Gasteiger partial charge is 0.258 e. The van der Waals surface area contributed by atoms with Gasteiger partial charge in [-0.1, -0.05) is 37.3 Å². The van der Waals surface area contributed by atoms with Crippen molar-refractivity contribution in [2.75, 3.05) is 18.1 Å². The summed E-state index contributed by atoms with van der Waals surface area (Å²) in [7, 11) is 0. The molecule has 2 aromatic carbocycles. The molecule has 1 heterocycles. The molecule has 0 radical (unpaired) electrons. The highest BCUT2D eigenvalue weighted by atomic mass is 16.6. The SMILES string of the molecule is CCc1cccc(C(=O)N(CC2CO2)c2ccccc2)c1. The summed E-state index contributed by atoms with van der Waals surface area (Å²) in [6.07, 6.45) is 1.10. The molecule has 3 nitrogen and oxygen atoms in total. The zero-order valence-corrected chi connectivity index (χ0v) is 12.2. The first-order valence-electron chi connectivity index (χ1n) is 7.35. The Morgan fingerprint density at radius 3 is 2.62 bits per heavy atom. The average molecular weight is 281 g/mol. The largest absolute Gasteiger partial charge is 0.371 e. The van der Waals surface area contributed by atoms with Crippen molar-refractivity contribution in [3.8, 4) is 0 Å². The molecule has 1 aliphatic rings. The number of carbonyl (C=O) groups excluding carboxylic acids is 1. The van der Waals surface area contributed by atoms with Gasteiger partial charge in [0.2, 0.25) is 0 Å². The van der Waals surface area contributed by atoms with E-state index >= 15 is 0 Å². The lowest BCUT2D eigenvalue weighted by molar-refractivity contribution is 0.0984. The second kappa shape index (κ2) is 6.10. The van der Waals surface area contributed by atoms with Gasteiger partial charge in [0.15, 0.2) is 0 Å². The van der Waals surface area contributed by atoms with E-state index in [1.807, 2.05) is 59.5 Å². The number of hydrogen-bond donors (Lipinski definition) is 0. The third-order valence-corrected chi connectivity index (χ3v) is 3.68. The zero-order valence-electron chi connectivity index (χ0n) is 12.2. The summed E-state index contributed by atoms with van der Waals surface area (Å²) in [4.78, 5) is 14.7. The van der Waals surface area contributed by atoms with E-state index in [9.17, 15) is 4.79 Å². The monoisotopic (exact) mass is 281 g/mol. The Labute approximate surface area is 125 Å². The highest BCUT2D eigenvalue weighted by molar-refractivity contribution is 6.06. The predicted molar refractivity (Wildman–Crippen MR) is 83.7 cm³/mol. The Hall–Kier alpha value is -2.13. The van der Waals surface area contributed by atoms with Crippen molar-refractivity contribution in [2.24, 2.45) is 0 Å². The fraction of sp³-hybridized carbons (Fsp3) is 0.278. The number of ether oxygens (including phenoxy) is 1. The molecule has 108 valence electrons. The average Bonchev–Trinajstić information content (AvgIpc) is 3.37. The zero-order chi connectivity index (χ0) is 14.7. The van der Waals surface area contributed by atoms with Gasteiger partial charge in [0.1, 0.15) is 0 Å². The van der Waals surface area contributed by atoms with Crippen LogP contribution in [-0.2, 0) is 11.2 Å². The Bertz CT molecular complexity index is 620. The summed E-state index contributed by atoms with van der Waals surface area (Å²) in [6.45, 7) is 3.45. The van der Waals surface area contributed by atoms with Crippen LogP contribution in [0.3, 0.4) is 0 Å². The van der Waals surface area contributed by atoms with Crippen molar-refractivity contribution in [1.82, 2.24) is 0 Å². The Morgan fingerprint density at radius 1 is 1.19 bits per heavy atom. The van der Waals surface area contributed by atoms with Gasteiger partial charge in [-0.05, 0) is 36.2 Å². The number of amides is 1. The van der Waals surface area contributed by atoms with Crippen LogP contribution in [0.2, 0.25) is 0 Å². The van der Waals surface area contributed by atoms with E-state index in [2.05, 4.69) is 6.92 Å². The molecule has 2 aromatic rings. The molecule has 3 rings (SSSR count). The maximum absolute atomic E-state index is 12.8. The molecule has 3 heteroatoms. The van der Waals surface area contributed by atoms with Gasteiger partial charge in [-0.15, -0.1) is 0 Å². The summed E-state index contributed by atoms with van der Waals surface area (Å²) in [5, 5.41) is 0. The van der Waals surface area contributed by atoms with Gasteiger partial charge >= 0.3 is 0 Å². The number of benzene rings is 2. The molecule has 0 spiro atoms. The third-order valence-electron chi connectivity index (χ3n) is 3.68. The van der Waals surface area contributed by atoms with E-state index in [-0.39, 0.29) is 12.0 Å². The van der Waals surface area contributed by atoms with Crippen LogP contribution in [0.1, 0.15) is 22.8 Å². The van der Waals surface area contributed by atoms with Crippen molar-refractivity contribution < 1.29 is 9.53 Å². The van der Waals surface area contributed by atoms with Crippen LogP contribution in [-0.4, -0.2) is 25.2 Å². The maximum Gasteiger partial charge on any atom is 0.258 e. The minimum Gasteiger partial charge on any atom is -0.371 e. The summed E-state index contributed by atoms with van der Waals surface area (Å²) in [6, 6.07) is 17.6. The number of carbonyl (C=O) groups is 1. The van der Waals surface area contributed by atoms with Crippen LogP contribution in [0.15, 0.2) is 54.6 Å².